The third kappa shape index (κ3) is 3.24. The Balaban J connectivity index is 0.00000121. The van der Waals surface area contributed by atoms with Crippen molar-refractivity contribution in [2.75, 3.05) is 7.11 Å². The van der Waals surface area contributed by atoms with Gasteiger partial charge in [0.15, 0.2) is 0 Å². The Hall–Kier alpha value is 0.122. The van der Waals surface area contributed by atoms with Gasteiger partial charge in [-0.15, -0.1) is 0 Å². The van der Waals surface area contributed by atoms with Crippen LogP contribution in [0.25, 0.3) is 0 Å². The maximum Gasteiger partial charge on any atom is 0.0913 e. The molecular formula is C8H13O3Re-. The average Bonchev–Trinajstić information content (AvgIpc) is 2.03. The van der Waals surface area contributed by atoms with Gasteiger partial charge in [0.05, 0.1) is 12.0 Å². The van der Waals surface area contributed by atoms with Gasteiger partial charge in [-0.05, 0) is 12.2 Å². The van der Waals surface area contributed by atoms with E-state index in [1.54, 1.807) is 19.6 Å². The van der Waals surface area contributed by atoms with Crippen LogP contribution in [0.1, 0.15) is 13.3 Å². The number of rotatable bonds is 2. The summed E-state index contributed by atoms with van der Waals surface area (Å²) in [7, 11) is 1.55. The van der Waals surface area contributed by atoms with E-state index in [-0.39, 0.29) is 20.4 Å². The summed E-state index contributed by atoms with van der Waals surface area (Å²) in [4.78, 5) is 0. The van der Waals surface area contributed by atoms with Gasteiger partial charge in [0.1, 0.15) is 0 Å². The summed E-state index contributed by atoms with van der Waals surface area (Å²) in [6, 6.07) is 0. The van der Waals surface area contributed by atoms with Gasteiger partial charge in [0.2, 0.25) is 0 Å². The summed E-state index contributed by atoms with van der Waals surface area (Å²) >= 11 is 0. The van der Waals surface area contributed by atoms with Crippen molar-refractivity contribution in [3.63, 3.8) is 0 Å². The van der Waals surface area contributed by atoms with Gasteiger partial charge in [-0.1, -0.05) is 6.92 Å². The van der Waals surface area contributed by atoms with E-state index in [2.05, 4.69) is 0 Å². The maximum absolute atomic E-state index is 9.22. The van der Waals surface area contributed by atoms with Crippen molar-refractivity contribution in [3.05, 3.63) is 18.3 Å². The molecule has 0 bridgehead atoms. The molecule has 0 saturated carbocycles. The predicted octanol–water partition coefficient (Wildman–Crippen LogP) is 0.846. The molecule has 2 unspecified atom stereocenters. The molecule has 0 aromatic carbocycles. The fraction of sp³-hybridized carbons (Fsp3) is 0.625. The third-order valence-electron chi connectivity index (χ3n) is 1.56. The van der Waals surface area contributed by atoms with Gasteiger partial charge < -0.3 is 14.6 Å². The number of aliphatic hydroxyl groups is 1. The van der Waals surface area contributed by atoms with E-state index >= 15 is 0 Å². The summed E-state index contributed by atoms with van der Waals surface area (Å²) in [5.74, 6) is 0.784. The van der Waals surface area contributed by atoms with Crippen LogP contribution in [0.15, 0.2) is 11.8 Å². The van der Waals surface area contributed by atoms with Gasteiger partial charge in [-0.2, -0.15) is 0 Å². The van der Waals surface area contributed by atoms with Crippen LogP contribution in [-0.2, 0) is 29.9 Å². The first-order chi connectivity index (χ1) is 5.26. The Labute approximate surface area is 86.4 Å². The molecular weight excluding hydrogens is 330 g/mol. The average molecular weight is 343 g/mol. The van der Waals surface area contributed by atoms with E-state index < -0.39 is 12.4 Å². The van der Waals surface area contributed by atoms with Crippen LogP contribution in [0.2, 0.25) is 0 Å². The molecule has 1 radical (unpaired) electrons. The first kappa shape index (κ1) is 12.1. The van der Waals surface area contributed by atoms with Crippen LogP contribution in [0.5, 0.6) is 0 Å². The van der Waals surface area contributed by atoms with Gasteiger partial charge in [-0.25, -0.2) is 6.42 Å². The zero-order valence-electron chi connectivity index (χ0n) is 7.16. The Morgan fingerprint density at radius 2 is 2.42 bits per heavy atom. The Kier molecular flexibility index (Phi) is 5.77. The van der Waals surface area contributed by atoms with Crippen LogP contribution < -0.4 is 0 Å². The molecule has 1 aliphatic rings. The molecule has 0 aliphatic carbocycles. The zero-order chi connectivity index (χ0) is 8.27. The summed E-state index contributed by atoms with van der Waals surface area (Å²) in [5.41, 5.74) is 0. The van der Waals surface area contributed by atoms with Crippen molar-refractivity contribution in [1.82, 2.24) is 0 Å². The van der Waals surface area contributed by atoms with Crippen LogP contribution in [-0.4, -0.2) is 24.6 Å². The van der Waals surface area contributed by atoms with Crippen molar-refractivity contribution >= 4 is 0 Å². The molecule has 1 heterocycles. The molecule has 0 aromatic rings. The molecule has 0 saturated heterocycles. The van der Waals surface area contributed by atoms with Gasteiger partial charge in [-0.3, -0.25) is 0 Å². The minimum absolute atomic E-state index is 0. The molecule has 4 heteroatoms. The van der Waals surface area contributed by atoms with Crippen molar-refractivity contribution < 1.29 is 35.0 Å². The fourth-order valence-electron chi connectivity index (χ4n) is 0.963. The van der Waals surface area contributed by atoms with Gasteiger partial charge in [0, 0.05) is 34.0 Å². The predicted molar refractivity (Wildman–Crippen MR) is 40.6 cm³/mol. The van der Waals surface area contributed by atoms with E-state index in [0.717, 1.165) is 12.2 Å². The van der Waals surface area contributed by atoms with Crippen LogP contribution in [0.4, 0.5) is 0 Å². The monoisotopic (exact) mass is 344 g/mol. The third-order valence-corrected chi connectivity index (χ3v) is 1.56. The van der Waals surface area contributed by atoms with Crippen LogP contribution in [0.3, 0.4) is 0 Å². The second kappa shape index (κ2) is 5.71. The molecule has 0 amide bonds. The second-order valence-corrected chi connectivity index (χ2v) is 2.39. The first-order valence-corrected chi connectivity index (χ1v) is 3.69. The summed E-state index contributed by atoms with van der Waals surface area (Å²) in [5, 5.41) is 9.22. The summed E-state index contributed by atoms with van der Waals surface area (Å²) in [6.45, 7) is 1.97. The molecule has 0 aromatic heterocycles. The van der Waals surface area contributed by atoms with E-state index in [1.165, 1.54) is 0 Å². The SMILES string of the molecule is CCC1=CC(O)[CH-]C(OC)O1.[Re]. The fourth-order valence-corrected chi connectivity index (χ4v) is 0.963. The maximum atomic E-state index is 9.22. The van der Waals surface area contributed by atoms with Crippen molar-refractivity contribution in [2.45, 2.75) is 25.7 Å². The number of allylic oxidation sites excluding steroid dienone is 1. The molecule has 0 spiro atoms. The Bertz CT molecular complexity index is 158. The molecule has 12 heavy (non-hydrogen) atoms. The van der Waals surface area contributed by atoms with Crippen LogP contribution in [0, 0.1) is 6.42 Å². The Morgan fingerprint density at radius 3 is 2.92 bits per heavy atom. The molecule has 0 fully saturated rings. The number of hydrogen-bond acceptors (Lipinski definition) is 3. The number of ether oxygens (including phenoxy) is 2. The molecule has 1 N–H and O–H groups in total. The summed E-state index contributed by atoms with van der Waals surface area (Å²) < 4.78 is 10.2. The number of hydrogen-bond donors (Lipinski definition) is 1. The standard InChI is InChI=1S/C8H13O3.Re/c1-3-7-4-6(9)5-8(10-2)11-7;/h4-6,8-9H,3H2,1-2H3;/q-1;. The molecule has 3 nitrogen and oxygen atoms in total. The minimum Gasteiger partial charge on any atom is -0.500 e. The number of aliphatic hydroxyl groups excluding tert-OH is 1. The van der Waals surface area contributed by atoms with Crippen molar-refractivity contribution in [1.29, 1.82) is 0 Å². The van der Waals surface area contributed by atoms with E-state index in [9.17, 15) is 5.11 Å². The summed E-state index contributed by atoms with van der Waals surface area (Å²) in [6.07, 6.45) is 3.12. The zero-order valence-corrected chi connectivity index (χ0v) is 9.87. The number of methoxy groups -OCH3 is 1. The van der Waals surface area contributed by atoms with E-state index in [1.807, 2.05) is 6.92 Å². The second-order valence-electron chi connectivity index (χ2n) is 2.39. The molecule has 71 valence electrons. The molecule has 2 atom stereocenters. The van der Waals surface area contributed by atoms with E-state index in [4.69, 9.17) is 9.47 Å². The minimum atomic E-state index is -0.538. The van der Waals surface area contributed by atoms with Gasteiger partial charge in [0.25, 0.3) is 0 Å². The smallest absolute Gasteiger partial charge is 0.0913 e. The first-order valence-electron chi connectivity index (χ1n) is 3.69. The topological polar surface area (TPSA) is 38.7 Å². The van der Waals surface area contributed by atoms with Crippen molar-refractivity contribution in [2.24, 2.45) is 0 Å². The van der Waals surface area contributed by atoms with Crippen LogP contribution >= 0.6 is 0 Å². The Morgan fingerprint density at radius 1 is 1.75 bits per heavy atom. The van der Waals surface area contributed by atoms with Gasteiger partial charge >= 0.3 is 0 Å². The normalized spacial score (nSPS) is 28.4. The quantitative estimate of drug-likeness (QED) is 0.756. The molecule has 1 rings (SSSR count). The molecule has 1 aliphatic heterocycles. The largest absolute Gasteiger partial charge is 0.500 e. The van der Waals surface area contributed by atoms with E-state index in [0.29, 0.717) is 0 Å². The van der Waals surface area contributed by atoms with Crippen molar-refractivity contribution in [3.8, 4) is 0 Å².